The molecule has 0 bridgehead atoms. The van der Waals surface area contributed by atoms with Gasteiger partial charge in [-0.05, 0) is 58.4 Å². The predicted octanol–water partition coefficient (Wildman–Crippen LogP) is 2.62. The van der Waals surface area contributed by atoms with E-state index in [-0.39, 0.29) is 29.7 Å². The van der Waals surface area contributed by atoms with Crippen molar-refractivity contribution in [1.29, 1.82) is 0 Å². The van der Waals surface area contributed by atoms with Crippen LogP contribution in [0.2, 0.25) is 0 Å². The summed E-state index contributed by atoms with van der Waals surface area (Å²) in [5, 5.41) is 0. The van der Waals surface area contributed by atoms with Crippen LogP contribution in [0.15, 0.2) is 24.3 Å². The minimum absolute atomic E-state index is 0.0795. The Balaban J connectivity index is 1.94. The molecule has 5 nitrogen and oxygen atoms in total. The molecule has 0 N–H and O–H groups in total. The molecule has 0 unspecified atom stereocenters. The maximum atomic E-state index is 13.0. The van der Waals surface area contributed by atoms with Gasteiger partial charge < -0.3 is 9.80 Å². The van der Waals surface area contributed by atoms with Crippen molar-refractivity contribution in [3.8, 4) is 0 Å². The van der Waals surface area contributed by atoms with Crippen molar-refractivity contribution >= 4 is 11.8 Å². The first-order valence-electron chi connectivity index (χ1n) is 9.38. The Morgan fingerprint density at radius 1 is 1.00 bits per heavy atom. The SMILES string of the molecule is CC(C)N(C(=O)CN1CCCN(C(=O)c2ccc(F)cc2)CC1)C(C)C. The normalized spacial score (nSPS) is 16.0. The second-order valence-electron chi connectivity index (χ2n) is 7.42. The van der Waals surface area contributed by atoms with Crippen LogP contribution >= 0.6 is 0 Å². The van der Waals surface area contributed by atoms with E-state index in [1.165, 1.54) is 24.3 Å². The van der Waals surface area contributed by atoms with Crippen molar-refractivity contribution in [2.75, 3.05) is 32.7 Å². The maximum absolute atomic E-state index is 13.0. The topological polar surface area (TPSA) is 43.9 Å². The van der Waals surface area contributed by atoms with E-state index < -0.39 is 0 Å². The van der Waals surface area contributed by atoms with Gasteiger partial charge in [-0.25, -0.2) is 4.39 Å². The van der Waals surface area contributed by atoms with Crippen LogP contribution in [0.1, 0.15) is 44.5 Å². The van der Waals surface area contributed by atoms with Crippen LogP contribution in [-0.4, -0.2) is 71.3 Å². The number of rotatable bonds is 5. The molecule has 0 aromatic heterocycles. The summed E-state index contributed by atoms with van der Waals surface area (Å²) >= 11 is 0. The molecule has 26 heavy (non-hydrogen) atoms. The van der Waals surface area contributed by atoms with Gasteiger partial charge in [0.25, 0.3) is 5.91 Å². The van der Waals surface area contributed by atoms with E-state index >= 15 is 0 Å². The van der Waals surface area contributed by atoms with Gasteiger partial charge in [0, 0.05) is 43.8 Å². The van der Waals surface area contributed by atoms with E-state index in [0.717, 1.165) is 13.0 Å². The fraction of sp³-hybridized carbons (Fsp3) is 0.600. The third kappa shape index (κ3) is 5.27. The van der Waals surface area contributed by atoms with Crippen LogP contribution in [0.4, 0.5) is 4.39 Å². The van der Waals surface area contributed by atoms with Crippen molar-refractivity contribution < 1.29 is 14.0 Å². The first kappa shape index (κ1) is 20.4. The quantitative estimate of drug-likeness (QED) is 0.808. The van der Waals surface area contributed by atoms with Crippen molar-refractivity contribution in [3.63, 3.8) is 0 Å². The zero-order valence-corrected chi connectivity index (χ0v) is 16.2. The van der Waals surface area contributed by atoms with Crippen molar-refractivity contribution in [2.24, 2.45) is 0 Å². The fourth-order valence-electron chi connectivity index (χ4n) is 3.55. The molecule has 0 saturated carbocycles. The highest BCUT2D eigenvalue weighted by molar-refractivity contribution is 5.94. The number of halogens is 1. The van der Waals surface area contributed by atoms with Crippen LogP contribution < -0.4 is 0 Å². The Kier molecular flexibility index (Phi) is 7.14. The highest BCUT2D eigenvalue weighted by atomic mass is 19.1. The summed E-state index contributed by atoms with van der Waals surface area (Å²) in [7, 11) is 0. The van der Waals surface area contributed by atoms with Gasteiger partial charge in [-0.2, -0.15) is 0 Å². The van der Waals surface area contributed by atoms with Crippen molar-refractivity contribution in [3.05, 3.63) is 35.6 Å². The second-order valence-corrected chi connectivity index (χ2v) is 7.42. The van der Waals surface area contributed by atoms with Gasteiger partial charge in [-0.1, -0.05) is 0 Å². The number of carbonyl (C=O) groups is 2. The Labute approximate surface area is 155 Å². The molecule has 2 rings (SSSR count). The van der Waals surface area contributed by atoms with Crippen LogP contribution in [0, 0.1) is 5.82 Å². The third-order valence-electron chi connectivity index (χ3n) is 4.73. The lowest BCUT2D eigenvalue weighted by atomic mass is 10.2. The predicted molar refractivity (Wildman–Crippen MR) is 100 cm³/mol. The highest BCUT2D eigenvalue weighted by Gasteiger charge is 2.25. The van der Waals surface area contributed by atoms with Gasteiger partial charge in [-0.15, -0.1) is 0 Å². The Hall–Kier alpha value is -1.95. The Bertz CT molecular complexity index is 608. The summed E-state index contributed by atoms with van der Waals surface area (Å²) in [4.78, 5) is 31.1. The number of benzene rings is 1. The van der Waals surface area contributed by atoms with Gasteiger partial charge in [0.1, 0.15) is 5.82 Å². The van der Waals surface area contributed by atoms with Crippen LogP contribution in [0.3, 0.4) is 0 Å². The number of hydrogen-bond donors (Lipinski definition) is 0. The lowest BCUT2D eigenvalue weighted by Gasteiger charge is -2.33. The molecular formula is C20H30FN3O2. The average Bonchev–Trinajstić information content (AvgIpc) is 2.79. The molecule has 1 heterocycles. The first-order chi connectivity index (χ1) is 12.3. The van der Waals surface area contributed by atoms with Crippen molar-refractivity contribution in [1.82, 2.24) is 14.7 Å². The smallest absolute Gasteiger partial charge is 0.253 e. The molecule has 2 amide bonds. The number of amides is 2. The van der Waals surface area contributed by atoms with E-state index in [1.807, 2.05) is 32.6 Å². The van der Waals surface area contributed by atoms with Gasteiger partial charge in [0.2, 0.25) is 5.91 Å². The monoisotopic (exact) mass is 363 g/mol. The van der Waals surface area contributed by atoms with Gasteiger partial charge in [0.05, 0.1) is 6.54 Å². The minimum atomic E-state index is -0.345. The van der Waals surface area contributed by atoms with E-state index in [4.69, 9.17) is 0 Å². The van der Waals surface area contributed by atoms with Crippen LogP contribution in [-0.2, 0) is 4.79 Å². The van der Waals surface area contributed by atoms with Crippen LogP contribution in [0.25, 0.3) is 0 Å². The minimum Gasteiger partial charge on any atom is -0.337 e. The average molecular weight is 363 g/mol. The summed E-state index contributed by atoms with van der Waals surface area (Å²) < 4.78 is 13.0. The first-order valence-corrected chi connectivity index (χ1v) is 9.38. The summed E-state index contributed by atoms with van der Waals surface area (Å²) in [6.45, 7) is 11.2. The fourth-order valence-corrected chi connectivity index (χ4v) is 3.55. The molecule has 0 spiro atoms. The number of carbonyl (C=O) groups excluding carboxylic acids is 2. The van der Waals surface area contributed by atoms with Crippen LogP contribution in [0.5, 0.6) is 0 Å². The zero-order valence-electron chi connectivity index (χ0n) is 16.2. The lowest BCUT2D eigenvalue weighted by Crippen LogP contribution is -2.47. The molecule has 6 heteroatoms. The Morgan fingerprint density at radius 3 is 2.19 bits per heavy atom. The third-order valence-corrected chi connectivity index (χ3v) is 4.73. The molecule has 0 atom stereocenters. The molecule has 1 aromatic rings. The molecule has 144 valence electrons. The molecule has 1 aliphatic rings. The second kappa shape index (κ2) is 9.12. The van der Waals surface area contributed by atoms with Crippen molar-refractivity contribution in [2.45, 2.75) is 46.2 Å². The molecule has 1 aliphatic heterocycles. The molecule has 1 saturated heterocycles. The highest BCUT2D eigenvalue weighted by Crippen LogP contribution is 2.12. The number of hydrogen-bond acceptors (Lipinski definition) is 3. The maximum Gasteiger partial charge on any atom is 0.253 e. The molecular weight excluding hydrogens is 333 g/mol. The van der Waals surface area contributed by atoms with E-state index in [2.05, 4.69) is 4.90 Å². The summed E-state index contributed by atoms with van der Waals surface area (Å²) in [5.41, 5.74) is 0.502. The van der Waals surface area contributed by atoms with Gasteiger partial charge >= 0.3 is 0 Å². The Morgan fingerprint density at radius 2 is 1.62 bits per heavy atom. The lowest BCUT2D eigenvalue weighted by molar-refractivity contribution is -0.136. The molecule has 0 aliphatic carbocycles. The van der Waals surface area contributed by atoms with E-state index in [9.17, 15) is 14.0 Å². The van der Waals surface area contributed by atoms with Gasteiger partial charge in [0.15, 0.2) is 0 Å². The largest absolute Gasteiger partial charge is 0.337 e. The summed E-state index contributed by atoms with van der Waals surface area (Å²) in [6, 6.07) is 6.00. The summed E-state index contributed by atoms with van der Waals surface area (Å²) in [5.74, 6) is -0.292. The molecule has 1 fully saturated rings. The van der Waals surface area contributed by atoms with Gasteiger partial charge in [-0.3, -0.25) is 14.5 Å². The number of nitrogens with zero attached hydrogens (tertiary/aromatic N) is 3. The zero-order chi connectivity index (χ0) is 19.3. The summed E-state index contributed by atoms with van der Waals surface area (Å²) in [6.07, 6.45) is 0.823. The molecule has 0 radical (unpaired) electrons. The van der Waals surface area contributed by atoms with E-state index in [1.54, 1.807) is 4.90 Å². The molecule has 1 aromatic carbocycles. The van der Waals surface area contributed by atoms with E-state index in [0.29, 0.717) is 31.7 Å². The standard InChI is InChI=1S/C20H30FN3O2/c1-15(2)24(16(3)4)19(25)14-22-10-5-11-23(13-12-22)20(26)17-6-8-18(21)9-7-17/h6-9,15-16H,5,10-14H2,1-4H3.